The Morgan fingerprint density at radius 3 is 0.674 bits per heavy atom. The van der Waals surface area contributed by atoms with Crippen LogP contribution >= 0.6 is 0 Å². The van der Waals surface area contributed by atoms with Gasteiger partial charge in [-0.25, -0.2) is 38.4 Å². The molecule has 0 saturated heterocycles. The Labute approximate surface area is 813 Å². The summed E-state index contributed by atoms with van der Waals surface area (Å²) in [5.41, 5.74) is 0. The minimum absolute atomic E-state index is 0.0603. The van der Waals surface area contributed by atoms with Gasteiger partial charge in [-0.2, -0.15) is 0 Å². The Hall–Kier alpha value is -10.6. The Morgan fingerprint density at radius 1 is 0.244 bits per heavy atom. The number of carbonyl (C=O) groups is 16. The number of hydrogen-bond donors (Lipinski definition) is 0. The van der Waals surface area contributed by atoms with Crippen molar-refractivity contribution in [2.75, 3.05) is 46.8 Å². The van der Waals surface area contributed by atoms with Crippen LogP contribution in [0.3, 0.4) is 0 Å². The molecule has 0 aromatic heterocycles. The van der Waals surface area contributed by atoms with Crippen LogP contribution in [0.5, 0.6) is 0 Å². The first-order chi connectivity index (χ1) is 62.7. The molecule has 778 valence electrons. The first-order valence-electron chi connectivity index (χ1n) is 47.6. The molecule has 9 atom stereocenters. The molecule has 0 spiro atoms. The molecule has 0 bridgehead atoms. The van der Waals surface area contributed by atoms with Gasteiger partial charge in [0.2, 0.25) is 47.3 Å². The smallest absolute Gasteiger partial charge is 0.328 e. The summed E-state index contributed by atoms with van der Waals surface area (Å²) >= 11 is 0. The predicted octanol–water partition coefficient (Wildman–Crippen LogP) is 16.4. The number of rotatable bonds is 52. The summed E-state index contributed by atoms with van der Waals surface area (Å²) < 4.78 is 40.4. The monoisotopic (exact) mass is 1920 g/mol. The number of ether oxygens (including phenoxy) is 8. The lowest BCUT2D eigenvalue weighted by molar-refractivity contribution is -0.157. The first kappa shape index (κ1) is 140. The summed E-state index contributed by atoms with van der Waals surface area (Å²) in [6.45, 7) is 92.4. The molecule has 0 aliphatic carbocycles. The Balaban J connectivity index is -0.000000228. The summed E-state index contributed by atoms with van der Waals surface area (Å²) in [6, 6.07) is -5.14. The second-order valence-electron chi connectivity index (χ2n) is 34.5. The van der Waals surface area contributed by atoms with Gasteiger partial charge in [0, 0.05) is 48.3 Å². The van der Waals surface area contributed by atoms with Gasteiger partial charge in [0.1, 0.15) is 48.3 Å². The van der Waals surface area contributed by atoms with Crippen LogP contribution in [-0.4, -0.2) is 284 Å². The van der Waals surface area contributed by atoms with E-state index in [9.17, 15) is 76.7 Å². The van der Waals surface area contributed by atoms with Gasteiger partial charge in [-0.15, -0.1) is 0 Å². The Bertz CT molecular complexity index is 3570. The molecule has 0 rings (SSSR count). The second-order valence-corrected chi connectivity index (χ2v) is 34.5. The maximum Gasteiger partial charge on any atom is 0.328 e. The minimum Gasteiger partial charge on any atom is -0.467 e. The lowest BCUT2D eigenvalue weighted by atomic mass is 10.0. The van der Waals surface area contributed by atoms with Gasteiger partial charge in [0.05, 0.1) is 52.9 Å². The van der Waals surface area contributed by atoms with E-state index < -0.39 is 54.3 Å². The van der Waals surface area contributed by atoms with Crippen LogP contribution in [0.1, 0.15) is 306 Å². The minimum atomic E-state index is -0.590. The molecule has 0 N–H and O–H groups in total. The van der Waals surface area contributed by atoms with Crippen molar-refractivity contribution >= 4 is 95.0 Å². The Morgan fingerprint density at radius 2 is 0.467 bits per heavy atom. The van der Waals surface area contributed by atoms with Crippen LogP contribution in [0.25, 0.3) is 0 Å². The molecule has 0 radical (unpaired) electrons. The lowest BCUT2D eigenvalue weighted by Gasteiger charge is -2.30. The predicted molar refractivity (Wildman–Crippen MR) is 535 cm³/mol. The highest BCUT2D eigenvalue weighted by Gasteiger charge is 2.35. The van der Waals surface area contributed by atoms with Gasteiger partial charge >= 0.3 is 47.8 Å². The number of esters is 8. The summed E-state index contributed by atoms with van der Waals surface area (Å²) in [7, 11) is 1.30. The van der Waals surface area contributed by atoms with Crippen LogP contribution in [-0.2, 0) is 115 Å². The van der Waals surface area contributed by atoms with Gasteiger partial charge in [0.25, 0.3) is 0 Å². The van der Waals surface area contributed by atoms with Crippen molar-refractivity contribution in [1.29, 1.82) is 0 Å². The zero-order valence-electron chi connectivity index (χ0n) is 89.6. The van der Waals surface area contributed by atoms with Crippen molar-refractivity contribution in [3.8, 4) is 0 Å². The topological polar surface area (TPSA) is 373 Å². The van der Waals surface area contributed by atoms with Gasteiger partial charge in [0.15, 0.2) is 0 Å². The van der Waals surface area contributed by atoms with Crippen molar-refractivity contribution in [2.24, 2.45) is 11.8 Å². The van der Waals surface area contributed by atoms with Crippen molar-refractivity contribution in [3.63, 3.8) is 0 Å². The molecule has 32 nitrogen and oxygen atoms in total. The van der Waals surface area contributed by atoms with Crippen molar-refractivity contribution in [1.82, 2.24) is 39.2 Å². The van der Waals surface area contributed by atoms with Crippen LogP contribution in [0, 0.1) is 11.8 Å². The summed E-state index contributed by atoms with van der Waals surface area (Å²) in [5.74, 6) is -4.33. The SMILES string of the molecule is C=CC(=O)N(C(C)C)C(C)C(=O)OC.C=CC(=O)N(C(C)C)C(C)C(=O)OC(C)C.C=CC(=O)N(C(C)C)C(C)C(=O)OCC.C=CC(=O)N(C(C)C)C(C)C(=O)OCC(C)C.C=CC(=O)N(C(C)C)C(C)C(=O)OCC(CC)CCCC.C=CC(=O)N(C(C)C)C(C)C(=O)OCCC.C=CC(=O)N(C(C)C)C(C)C(=O)OCCCC.C=CC(=O)N(C(C)C)C(C)C(=O)OCCCCCC. The van der Waals surface area contributed by atoms with Gasteiger partial charge in [-0.05, 0) is 273 Å². The van der Waals surface area contributed by atoms with E-state index in [1.807, 2.05) is 138 Å². The first-order valence-corrected chi connectivity index (χ1v) is 47.6. The van der Waals surface area contributed by atoms with E-state index >= 15 is 0 Å². The molecule has 0 fully saturated rings. The highest BCUT2D eigenvalue weighted by molar-refractivity contribution is 5.96. The van der Waals surface area contributed by atoms with Crippen LogP contribution in [0.2, 0.25) is 0 Å². The van der Waals surface area contributed by atoms with E-state index in [1.165, 1.54) is 94.9 Å². The molecule has 0 aromatic carbocycles. The third-order valence-electron chi connectivity index (χ3n) is 19.8. The summed E-state index contributed by atoms with van der Waals surface area (Å²) in [5, 5.41) is 0. The highest BCUT2D eigenvalue weighted by atomic mass is 16.6. The number of methoxy groups -OCH3 is 1. The highest BCUT2D eigenvalue weighted by Crippen LogP contribution is 2.19. The molecule has 0 heterocycles. The molecule has 8 amide bonds. The molecular weight excluding hydrogens is 1730 g/mol. The number of carbonyl (C=O) groups excluding carboxylic acids is 16. The van der Waals surface area contributed by atoms with E-state index in [0.29, 0.717) is 45.6 Å². The van der Waals surface area contributed by atoms with Crippen LogP contribution < -0.4 is 0 Å². The van der Waals surface area contributed by atoms with Gasteiger partial charge < -0.3 is 77.1 Å². The third-order valence-corrected chi connectivity index (χ3v) is 19.8. The molecule has 0 aromatic rings. The van der Waals surface area contributed by atoms with Crippen molar-refractivity contribution in [2.45, 2.75) is 409 Å². The van der Waals surface area contributed by atoms with Gasteiger partial charge in [-0.1, -0.05) is 146 Å². The van der Waals surface area contributed by atoms with E-state index in [0.717, 1.165) is 70.6 Å². The summed E-state index contributed by atoms with van der Waals surface area (Å²) in [4.78, 5) is 198. The zero-order valence-corrected chi connectivity index (χ0v) is 89.6. The summed E-state index contributed by atoms with van der Waals surface area (Å²) in [6.07, 6.45) is 20.8. The molecule has 0 saturated carbocycles. The molecule has 0 aliphatic rings. The Kier molecular flexibility index (Phi) is 83.6. The van der Waals surface area contributed by atoms with Gasteiger partial charge in [-0.3, -0.25) is 38.4 Å². The largest absolute Gasteiger partial charge is 0.467 e. The van der Waals surface area contributed by atoms with E-state index in [4.69, 9.17) is 33.2 Å². The quantitative estimate of drug-likeness (QED) is 0.0236. The number of amides is 8. The molecular formula is C103H182N8O24. The fraction of sp³-hybridized carbons (Fsp3) is 0.689. The van der Waals surface area contributed by atoms with Crippen LogP contribution in [0.15, 0.2) is 101 Å². The van der Waals surface area contributed by atoms with E-state index in [1.54, 1.807) is 76.2 Å². The van der Waals surface area contributed by atoms with E-state index in [-0.39, 0.29) is 149 Å². The normalized spacial score (nSPS) is 12.4. The fourth-order valence-corrected chi connectivity index (χ4v) is 12.8. The lowest BCUT2D eigenvalue weighted by Crippen LogP contribution is -2.47. The standard InChI is InChI=1S/C17H31NO3.C15H27NO3.2C13H23NO3.2C12H21NO3.C11H19NO3.C10H17NO3/c1-7-10-11-15(8-2)12-21-17(20)14(6)18(13(4)5)16(19)9-3;1-6-8-9-10-11-19-15(18)13(5)16(12(3)4)14(17)7-2;1-7-12(15)14(10(4)5)11(6)13(16)17-8-9(2)3;1-6-8-9-17-13(16)11(5)14(10(3)4)12(15)7-2;1-7-11(14)13(8(2)3)10(6)12(15)16-9(4)5;1-6-8-16-12(15)10(5)13(9(3)4)11(14)7-2;1-6-10(13)12(8(3)4)9(5)11(14)15-7-2;1-6-9(12)11(7(2)3)8(4)10(13)14-5/h9,13-15H,3,7-8,10-12H2,1-2,4-6H3;7,12-13H,2,6,8-11H2,1,3-5H3;7,9-11H,1,8H2,2-6H3;7,10-11H,2,6,8-9H2,1,3-5H3;7-10H,1H2,2-6H3;7,9-10H,2,6,8H2,1,3-5H3;6,8-9H,1,7H2,2-5H3;6-8H,1H2,2-5H3. The number of hydrogen-bond acceptors (Lipinski definition) is 24. The maximum absolute atomic E-state index is 12.2. The molecule has 0 aliphatic heterocycles. The average Bonchev–Trinajstić information content (AvgIpc) is 0.890. The van der Waals surface area contributed by atoms with E-state index in [2.05, 4.69) is 78.1 Å². The second kappa shape index (κ2) is 80.7. The van der Waals surface area contributed by atoms with Crippen LogP contribution in [0.4, 0.5) is 0 Å². The number of unbranched alkanes of at least 4 members (excludes halogenated alkanes) is 5. The van der Waals surface area contributed by atoms with Crippen molar-refractivity contribution < 1.29 is 115 Å². The maximum atomic E-state index is 12.2. The molecule has 135 heavy (non-hydrogen) atoms. The molecule has 9 unspecified atom stereocenters. The fourth-order valence-electron chi connectivity index (χ4n) is 12.8. The van der Waals surface area contributed by atoms with Crippen molar-refractivity contribution in [3.05, 3.63) is 101 Å². The number of nitrogens with zero attached hydrogens (tertiary/aromatic N) is 8. The molecule has 32 heteroatoms. The third kappa shape index (κ3) is 59.8. The average molecular weight is 1920 g/mol. The zero-order chi connectivity index (χ0) is 107.